The maximum Gasteiger partial charge on any atom is 0.269 e. The zero-order valence-corrected chi connectivity index (χ0v) is 17.8. The van der Waals surface area contributed by atoms with Gasteiger partial charge in [-0.25, -0.2) is 4.98 Å². The van der Waals surface area contributed by atoms with Crippen LogP contribution in [0.15, 0.2) is 71.1 Å². The molecule has 0 spiro atoms. The van der Waals surface area contributed by atoms with Gasteiger partial charge in [0.1, 0.15) is 5.52 Å². The molecular formula is C23H18N4O4S. The number of aryl methyl sites for hydroxylation is 1. The van der Waals surface area contributed by atoms with E-state index < -0.39 is 10.8 Å². The molecule has 4 rings (SSSR count). The van der Waals surface area contributed by atoms with E-state index in [1.54, 1.807) is 6.07 Å². The summed E-state index contributed by atoms with van der Waals surface area (Å²) in [5.74, 6) is 0.0111. The number of non-ortho nitro benzene ring substituents is 1. The molecule has 0 aliphatic carbocycles. The van der Waals surface area contributed by atoms with Crippen molar-refractivity contribution in [2.75, 3.05) is 5.32 Å². The maximum atomic E-state index is 12.3. The molecule has 0 unspecified atom stereocenters. The van der Waals surface area contributed by atoms with Crippen molar-refractivity contribution in [1.82, 2.24) is 10.3 Å². The van der Waals surface area contributed by atoms with E-state index >= 15 is 0 Å². The van der Waals surface area contributed by atoms with E-state index in [1.807, 2.05) is 36.4 Å². The van der Waals surface area contributed by atoms with Crippen LogP contribution in [0.3, 0.4) is 0 Å². The third-order valence-corrected chi connectivity index (χ3v) is 5.00. The Bertz CT molecular complexity index is 1330. The van der Waals surface area contributed by atoms with Crippen molar-refractivity contribution in [2.24, 2.45) is 0 Å². The molecule has 0 fully saturated rings. The average molecular weight is 446 g/mol. The molecule has 1 amide bonds. The van der Waals surface area contributed by atoms with Crippen LogP contribution in [-0.2, 0) is 6.42 Å². The van der Waals surface area contributed by atoms with Gasteiger partial charge in [-0.15, -0.1) is 0 Å². The van der Waals surface area contributed by atoms with Gasteiger partial charge in [0.15, 0.2) is 10.7 Å². The Balaban J connectivity index is 1.46. The molecule has 9 heteroatoms. The number of amides is 1. The van der Waals surface area contributed by atoms with Gasteiger partial charge in [-0.05, 0) is 66.7 Å². The van der Waals surface area contributed by atoms with Crippen molar-refractivity contribution in [2.45, 2.75) is 13.3 Å². The van der Waals surface area contributed by atoms with E-state index in [1.165, 1.54) is 29.8 Å². The number of nitro groups is 1. The molecule has 0 radical (unpaired) electrons. The van der Waals surface area contributed by atoms with Crippen LogP contribution in [0.1, 0.15) is 22.8 Å². The van der Waals surface area contributed by atoms with E-state index in [0.717, 1.165) is 17.5 Å². The lowest BCUT2D eigenvalue weighted by molar-refractivity contribution is -0.384. The van der Waals surface area contributed by atoms with Gasteiger partial charge in [0.2, 0.25) is 5.89 Å². The van der Waals surface area contributed by atoms with Crippen LogP contribution in [0.4, 0.5) is 11.4 Å². The number of nitro benzene ring substituents is 1. The Morgan fingerprint density at radius 3 is 2.62 bits per heavy atom. The number of aromatic nitrogens is 1. The first kappa shape index (κ1) is 21.1. The molecule has 1 aromatic heterocycles. The maximum absolute atomic E-state index is 12.3. The normalized spacial score (nSPS) is 10.7. The highest BCUT2D eigenvalue weighted by atomic mass is 32.1. The van der Waals surface area contributed by atoms with E-state index in [0.29, 0.717) is 17.2 Å². The average Bonchev–Trinajstić information content (AvgIpc) is 3.22. The van der Waals surface area contributed by atoms with Crippen LogP contribution < -0.4 is 10.6 Å². The number of nitrogens with one attached hydrogen (secondary N) is 2. The molecule has 2 N–H and O–H groups in total. The van der Waals surface area contributed by atoms with Crippen LogP contribution in [-0.4, -0.2) is 20.9 Å². The summed E-state index contributed by atoms with van der Waals surface area (Å²) in [7, 11) is 0. The van der Waals surface area contributed by atoms with Crippen molar-refractivity contribution in [3.8, 4) is 11.5 Å². The highest BCUT2D eigenvalue weighted by molar-refractivity contribution is 7.80. The minimum absolute atomic E-state index is 0.0932. The molecule has 0 aliphatic rings. The SMILES string of the molecule is CCc1ccc2oc(-c3cccc(NC(=S)NC(=O)c4ccc([N+](=O)[O-])cc4)c3)nc2c1. The predicted molar refractivity (Wildman–Crippen MR) is 126 cm³/mol. The number of thiocarbonyl (C=S) groups is 1. The highest BCUT2D eigenvalue weighted by Gasteiger charge is 2.12. The first-order chi connectivity index (χ1) is 15.4. The fourth-order valence-corrected chi connectivity index (χ4v) is 3.33. The number of benzene rings is 3. The van der Waals surface area contributed by atoms with Crippen LogP contribution >= 0.6 is 12.2 Å². The molecule has 1 heterocycles. The molecule has 3 aromatic carbocycles. The fourth-order valence-electron chi connectivity index (χ4n) is 3.12. The number of carbonyl (C=O) groups excluding carboxylic acids is 1. The number of rotatable bonds is 5. The number of anilines is 1. The minimum Gasteiger partial charge on any atom is -0.436 e. The number of hydrogen-bond acceptors (Lipinski definition) is 6. The summed E-state index contributed by atoms with van der Waals surface area (Å²) in [6, 6.07) is 18.5. The molecule has 4 aromatic rings. The number of fused-ring (bicyclic) bond motifs is 1. The zero-order valence-electron chi connectivity index (χ0n) is 17.0. The van der Waals surface area contributed by atoms with Crippen LogP contribution in [0.5, 0.6) is 0 Å². The van der Waals surface area contributed by atoms with Gasteiger partial charge in [0.25, 0.3) is 11.6 Å². The third-order valence-electron chi connectivity index (χ3n) is 4.79. The van der Waals surface area contributed by atoms with Crippen molar-refractivity contribution < 1.29 is 14.1 Å². The minimum atomic E-state index is -0.527. The second kappa shape index (κ2) is 8.94. The first-order valence-electron chi connectivity index (χ1n) is 9.79. The van der Waals surface area contributed by atoms with Crippen LogP contribution in [0, 0.1) is 10.1 Å². The lowest BCUT2D eigenvalue weighted by Gasteiger charge is -2.10. The molecule has 0 bridgehead atoms. The van der Waals surface area contributed by atoms with E-state index in [-0.39, 0.29) is 16.4 Å². The van der Waals surface area contributed by atoms with E-state index in [9.17, 15) is 14.9 Å². The Kier molecular flexibility index (Phi) is 5.91. The molecule has 0 aliphatic heterocycles. The number of nitrogens with zero attached hydrogens (tertiary/aromatic N) is 2. The third kappa shape index (κ3) is 4.62. The van der Waals surface area contributed by atoms with Gasteiger partial charge in [0.05, 0.1) is 4.92 Å². The second-order valence-corrected chi connectivity index (χ2v) is 7.38. The van der Waals surface area contributed by atoms with E-state index in [2.05, 4.69) is 22.5 Å². The van der Waals surface area contributed by atoms with Crippen LogP contribution in [0.25, 0.3) is 22.6 Å². The quantitative estimate of drug-likeness (QED) is 0.249. The van der Waals surface area contributed by atoms with Gasteiger partial charge in [0, 0.05) is 28.9 Å². The Morgan fingerprint density at radius 1 is 1.12 bits per heavy atom. The summed E-state index contributed by atoms with van der Waals surface area (Å²) in [5, 5.41) is 16.3. The summed E-state index contributed by atoms with van der Waals surface area (Å²) >= 11 is 5.23. The number of hydrogen-bond donors (Lipinski definition) is 2. The highest BCUT2D eigenvalue weighted by Crippen LogP contribution is 2.27. The number of oxazole rings is 1. The molecule has 0 atom stereocenters. The second-order valence-electron chi connectivity index (χ2n) is 6.97. The van der Waals surface area contributed by atoms with Gasteiger partial charge < -0.3 is 9.73 Å². The topological polar surface area (TPSA) is 110 Å². The summed E-state index contributed by atoms with van der Waals surface area (Å²) < 4.78 is 5.87. The lowest BCUT2D eigenvalue weighted by Crippen LogP contribution is -2.34. The molecule has 160 valence electrons. The summed E-state index contributed by atoms with van der Waals surface area (Å²) in [6.07, 6.45) is 0.917. The Hall–Kier alpha value is -4.11. The fraction of sp³-hybridized carbons (Fsp3) is 0.0870. The molecule has 8 nitrogen and oxygen atoms in total. The largest absolute Gasteiger partial charge is 0.436 e. The van der Waals surface area contributed by atoms with Crippen molar-refractivity contribution in [3.63, 3.8) is 0 Å². The molecular weight excluding hydrogens is 428 g/mol. The molecule has 0 saturated carbocycles. The lowest BCUT2D eigenvalue weighted by atomic mass is 10.1. The van der Waals surface area contributed by atoms with Crippen LogP contribution in [0.2, 0.25) is 0 Å². The smallest absolute Gasteiger partial charge is 0.269 e. The summed E-state index contributed by atoms with van der Waals surface area (Å²) in [4.78, 5) is 27.1. The van der Waals surface area contributed by atoms with Crippen molar-refractivity contribution >= 4 is 45.7 Å². The predicted octanol–water partition coefficient (Wildman–Crippen LogP) is 5.09. The Morgan fingerprint density at radius 2 is 1.91 bits per heavy atom. The Labute approximate surface area is 188 Å². The standard InChI is InChI=1S/C23H18N4O4S/c1-2-14-6-11-20-19(12-14)25-22(31-20)16-4-3-5-17(13-16)24-23(32)26-21(28)15-7-9-18(10-8-15)27(29)30/h3-13H,2H2,1H3,(H2,24,26,28,32). The van der Waals surface area contributed by atoms with Crippen molar-refractivity contribution in [1.29, 1.82) is 0 Å². The van der Waals surface area contributed by atoms with E-state index in [4.69, 9.17) is 16.6 Å². The molecule has 32 heavy (non-hydrogen) atoms. The monoisotopic (exact) mass is 446 g/mol. The summed E-state index contributed by atoms with van der Waals surface area (Å²) in [6.45, 7) is 2.08. The first-order valence-corrected chi connectivity index (χ1v) is 10.2. The van der Waals surface area contributed by atoms with Gasteiger partial charge in [-0.2, -0.15) is 0 Å². The van der Waals surface area contributed by atoms with Crippen molar-refractivity contribution in [3.05, 3.63) is 88.0 Å². The number of carbonyl (C=O) groups is 1. The van der Waals surface area contributed by atoms with Gasteiger partial charge >= 0.3 is 0 Å². The van der Waals surface area contributed by atoms with Gasteiger partial charge in [-0.1, -0.05) is 19.1 Å². The zero-order chi connectivity index (χ0) is 22.7. The molecule has 0 saturated heterocycles. The van der Waals surface area contributed by atoms with Gasteiger partial charge in [-0.3, -0.25) is 20.2 Å². The summed E-state index contributed by atoms with van der Waals surface area (Å²) in [5.41, 5.74) is 4.25.